The normalized spacial score (nSPS) is 10.5. The molecule has 11 heavy (non-hydrogen) atoms. The predicted octanol–water partition coefficient (Wildman–Crippen LogP) is 1.49. The fraction of sp³-hybridized carbons (Fsp3) is 0.625. The van der Waals surface area contributed by atoms with Crippen molar-refractivity contribution in [1.82, 2.24) is 0 Å². The summed E-state index contributed by atoms with van der Waals surface area (Å²) in [5, 5.41) is 0. The van der Waals surface area contributed by atoms with Crippen molar-refractivity contribution >= 4 is 5.97 Å². The largest absolute Gasteiger partial charge is 0.490 e. The molecule has 0 bridgehead atoms. The van der Waals surface area contributed by atoms with E-state index in [1.807, 2.05) is 0 Å². The highest BCUT2D eigenvalue weighted by Gasteiger charge is 2.18. The van der Waals surface area contributed by atoms with E-state index in [4.69, 9.17) is 4.74 Å². The van der Waals surface area contributed by atoms with Crippen LogP contribution in [0.3, 0.4) is 0 Å². The molecule has 0 amide bonds. The minimum atomic E-state index is -0.514. The molecular weight excluding hydrogens is 144 g/mol. The van der Waals surface area contributed by atoms with Crippen molar-refractivity contribution < 1.29 is 14.3 Å². The SMILES string of the molecule is C=C(OC)C(=O)OC(C)(C)C. The molecule has 0 radical (unpaired) electrons. The number of rotatable bonds is 2. The molecule has 3 heteroatoms. The second-order valence-corrected chi connectivity index (χ2v) is 3.13. The molecular formula is C8H14O3. The molecule has 0 saturated heterocycles. The van der Waals surface area contributed by atoms with Crippen molar-refractivity contribution in [2.75, 3.05) is 7.11 Å². The van der Waals surface area contributed by atoms with E-state index in [2.05, 4.69) is 11.3 Å². The molecule has 0 N–H and O–H groups in total. The Morgan fingerprint density at radius 1 is 1.36 bits per heavy atom. The van der Waals surface area contributed by atoms with Gasteiger partial charge in [0, 0.05) is 0 Å². The summed E-state index contributed by atoms with van der Waals surface area (Å²) in [6.45, 7) is 8.72. The van der Waals surface area contributed by atoms with E-state index in [1.54, 1.807) is 20.8 Å². The molecule has 64 valence electrons. The Balaban J connectivity index is 3.99. The van der Waals surface area contributed by atoms with E-state index >= 15 is 0 Å². The standard InChI is InChI=1S/C8H14O3/c1-6(10-5)7(9)11-8(2,3)4/h1H2,2-5H3. The molecule has 0 aromatic rings. The third-order valence-electron chi connectivity index (χ3n) is 0.873. The topological polar surface area (TPSA) is 35.5 Å². The first-order valence-corrected chi connectivity index (χ1v) is 3.33. The summed E-state index contributed by atoms with van der Waals surface area (Å²) in [5.41, 5.74) is -0.488. The second kappa shape index (κ2) is 3.42. The van der Waals surface area contributed by atoms with Gasteiger partial charge in [0.1, 0.15) is 5.60 Å². The number of methoxy groups -OCH3 is 1. The summed E-state index contributed by atoms with van der Waals surface area (Å²) >= 11 is 0. The predicted molar refractivity (Wildman–Crippen MR) is 42.0 cm³/mol. The molecule has 0 atom stereocenters. The van der Waals surface area contributed by atoms with Gasteiger partial charge in [0.2, 0.25) is 0 Å². The first-order valence-electron chi connectivity index (χ1n) is 3.33. The lowest BCUT2D eigenvalue weighted by Crippen LogP contribution is -2.24. The van der Waals surface area contributed by atoms with Gasteiger partial charge >= 0.3 is 5.97 Å². The van der Waals surface area contributed by atoms with Crippen LogP contribution in [0.4, 0.5) is 0 Å². The van der Waals surface area contributed by atoms with Gasteiger partial charge in [-0.05, 0) is 27.4 Å². The average molecular weight is 158 g/mol. The van der Waals surface area contributed by atoms with Crippen molar-refractivity contribution in [1.29, 1.82) is 0 Å². The highest BCUT2D eigenvalue weighted by atomic mass is 16.6. The van der Waals surface area contributed by atoms with Crippen LogP contribution in [0.1, 0.15) is 20.8 Å². The Kier molecular flexibility index (Phi) is 3.11. The summed E-state index contributed by atoms with van der Waals surface area (Å²) < 4.78 is 9.52. The Bertz CT molecular complexity index is 165. The van der Waals surface area contributed by atoms with Gasteiger partial charge in [0.15, 0.2) is 5.76 Å². The van der Waals surface area contributed by atoms with Gasteiger partial charge in [0.05, 0.1) is 7.11 Å². The molecule has 0 saturated carbocycles. The summed E-state index contributed by atoms with van der Waals surface area (Å²) in [7, 11) is 1.38. The van der Waals surface area contributed by atoms with E-state index < -0.39 is 11.6 Å². The molecule has 0 aromatic heterocycles. The number of hydrogen-bond donors (Lipinski definition) is 0. The van der Waals surface area contributed by atoms with Gasteiger partial charge in [-0.1, -0.05) is 0 Å². The molecule has 0 aliphatic heterocycles. The number of hydrogen-bond acceptors (Lipinski definition) is 3. The maximum Gasteiger partial charge on any atom is 0.373 e. The van der Waals surface area contributed by atoms with Crippen LogP contribution in [0.15, 0.2) is 12.3 Å². The van der Waals surface area contributed by atoms with E-state index in [0.29, 0.717) is 0 Å². The van der Waals surface area contributed by atoms with Crippen LogP contribution in [-0.4, -0.2) is 18.7 Å². The van der Waals surface area contributed by atoms with Crippen molar-refractivity contribution in [3.63, 3.8) is 0 Å². The molecule has 0 rings (SSSR count). The van der Waals surface area contributed by atoms with Crippen LogP contribution < -0.4 is 0 Å². The molecule has 0 spiro atoms. The Hall–Kier alpha value is -0.990. The zero-order valence-electron chi connectivity index (χ0n) is 7.43. The molecule has 0 aromatic carbocycles. The minimum absolute atomic E-state index is 0.0277. The number of esters is 1. The summed E-state index contributed by atoms with van der Waals surface area (Å²) in [6, 6.07) is 0. The average Bonchev–Trinajstić information content (AvgIpc) is 1.82. The third kappa shape index (κ3) is 4.42. The van der Waals surface area contributed by atoms with Crippen molar-refractivity contribution in [3.05, 3.63) is 12.3 Å². The highest BCUT2D eigenvalue weighted by molar-refractivity contribution is 5.85. The molecule has 0 heterocycles. The quantitative estimate of drug-likeness (QED) is 0.347. The maximum absolute atomic E-state index is 10.9. The van der Waals surface area contributed by atoms with Gasteiger partial charge in [-0.3, -0.25) is 0 Å². The van der Waals surface area contributed by atoms with Crippen LogP contribution in [0.25, 0.3) is 0 Å². The molecule has 0 aliphatic carbocycles. The van der Waals surface area contributed by atoms with E-state index in [9.17, 15) is 4.79 Å². The van der Waals surface area contributed by atoms with Crippen LogP contribution in [0.5, 0.6) is 0 Å². The van der Waals surface area contributed by atoms with Gasteiger partial charge in [-0.15, -0.1) is 0 Å². The highest BCUT2D eigenvalue weighted by Crippen LogP contribution is 2.09. The Morgan fingerprint density at radius 3 is 2.09 bits per heavy atom. The van der Waals surface area contributed by atoms with Crippen molar-refractivity contribution in [2.24, 2.45) is 0 Å². The van der Waals surface area contributed by atoms with Crippen LogP contribution in [-0.2, 0) is 14.3 Å². The number of carbonyl (C=O) groups is 1. The van der Waals surface area contributed by atoms with Crippen molar-refractivity contribution in [3.8, 4) is 0 Å². The Morgan fingerprint density at radius 2 is 1.82 bits per heavy atom. The van der Waals surface area contributed by atoms with Crippen LogP contribution in [0, 0.1) is 0 Å². The fourth-order valence-corrected chi connectivity index (χ4v) is 0.418. The smallest absolute Gasteiger partial charge is 0.373 e. The number of carbonyl (C=O) groups excluding carboxylic acids is 1. The van der Waals surface area contributed by atoms with E-state index in [0.717, 1.165) is 0 Å². The zero-order chi connectivity index (χ0) is 9.07. The minimum Gasteiger partial charge on any atom is -0.490 e. The molecule has 0 unspecified atom stereocenters. The lowest BCUT2D eigenvalue weighted by atomic mass is 10.2. The molecule has 0 fully saturated rings. The maximum atomic E-state index is 10.9. The lowest BCUT2D eigenvalue weighted by molar-refractivity contribution is -0.153. The zero-order valence-corrected chi connectivity index (χ0v) is 7.43. The summed E-state index contributed by atoms with van der Waals surface area (Å²) in [6.07, 6.45) is 0. The van der Waals surface area contributed by atoms with Gasteiger partial charge in [-0.25, -0.2) is 4.79 Å². The first kappa shape index (κ1) is 10.0. The summed E-state index contributed by atoms with van der Waals surface area (Å²) in [4.78, 5) is 10.9. The van der Waals surface area contributed by atoms with Gasteiger partial charge in [-0.2, -0.15) is 0 Å². The second-order valence-electron chi connectivity index (χ2n) is 3.13. The van der Waals surface area contributed by atoms with E-state index in [-0.39, 0.29) is 5.76 Å². The monoisotopic (exact) mass is 158 g/mol. The Labute approximate surface area is 67.0 Å². The van der Waals surface area contributed by atoms with Crippen LogP contribution >= 0.6 is 0 Å². The lowest BCUT2D eigenvalue weighted by Gasteiger charge is -2.19. The van der Waals surface area contributed by atoms with Crippen LogP contribution in [0.2, 0.25) is 0 Å². The fourth-order valence-electron chi connectivity index (χ4n) is 0.418. The van der Waals surface area contributed by atoms with Gasteiger partial charge < -0.3 is 9.47 Å². The first-order chi connectivity index (χ1) is 4.87. The molecule has 3 nitrogen and oxygen atoms in total. The number of ether oxygens (including phenoxy) is 2. The van der Waals surface area contributed by atoms with Gasteiger partial charge in [0.25, 0.3) is 0 Å². The summed E-state index contributed by atoms with van der Waals surface area (Å²) in [5.74, 6) is -0.486. The van der Waals surface area contributed by atoms with E-state index in [1.165, 1.54) is 7.11 Å². The third-order valence-corrected chi connectivity index (χ3v) is 0.873. The van der Waals surface area contributed by atoms with Crippen molar-refractivity contribution in [2.45, 2.75) is 26.4 Å². The molecule has 0 aliphatic rings.